The van der Waals surface area contributed by atoms with E-state index in [-0.39, 0.29) is 5.56 Å². The maximum atomic E-state index is 10.7. The van der Waals surface area contributed by atoms with Gasteiger partial charge in [0.2, 0.25) is 0 Å². The van der Waals surface area contributed by atoms with Crippen LogP contribution in [0, 0.1) is 11.8 Å². The summed E-state index contributed by atoms with van der Waals surface area (Å²) in [6, 6.07) is 1.50. The van der Waals surface area contributed by atoms with E-state index in [1.807, 2.05) is 4.57 Å². The standard InChI is InChI=1S/C12H9N3O2/c16-12(17)11-6-10(7-14-8-11)2-1-4-15-5-3-13-9-15/h3,5-9H,4H2,(H,16,17). The third-order valence-electron chi connectivity index (χ3n) is 2.04. The Bertz CT molecular complexity index is 579. The van der Waals surface area contributed by atoms with Crippen LogP contribution < -0.4 is 0 Å². The highest BCUT2D eigenvalue weighted by atomic mass is 16.4. The molecule has 2 heterocycles. The van der Waals surface area contributed by atoms with Crippen LogP contribution in [0.5, 0.6) is 0 Å². The third-order valence-corrected chi connectivity index (χ3v) is 2.04. The van der Waals surface area contributed by atoms with Crippen molar-refractivity contribution in [2.45, 2.75) is 6.54 Å². The molecule has 2 aromatic rings. The van der Waals surface area contributed by atoms with Crippen LogP contribution in [-0.2, 0) is 6.54 Å². The van der Waals surface area contributed by atoms with Crippen LogP contribution in [0.1, 0.15) is 15.9 Å². The van der Waals surface area contributed by atoms with Crippen molar-refractivity contribution in [2.24, 2.45) is 0 Å². The van der Waals surface area contributed by atoms with Crippen molar-refractivity contribution in [3.05, 3.63) is 48.3 Å². The number of nitrogens with zero attached hydrogens (tertiary/aromatic N) is 3. The molecule has 0 unspecified atom stereocenters. The van der Waals surface area contributed by atoms with Crippen molar-refractivity contribution < 1.29 is 9.90 Å². The van der Waals surface area contributed by atoms with Gasteiger partial charge in [-0.2, -0.15) is 0 Å². The van der Waals surface area contributed by atoms with Gasteiger partial charge in [-0.05, 0) is 6.07 Å². The molecule has 2 aromatic heterocycles. The Kier molecular flexibility index (Phi) is 3.17. The lowest BCUT2D eigenvalue weighted by molar-refractivity contribution is 0.0696. The van der Waals surface area contributed by atoms with Crippen molar-refractivity contribution in [3.8, 4) is 11.8 Å². The highest BCUT2D eigenvalue weighted by Crippen LogP contribution is 2.01. The maximum absolute atomic E-state index is 10.7. The Morgan fingerprint density at radius 3 is 3.00 bits per heavy atom. The Labute approximate surface area is 97.8 Å². The van der Waals surface area contributed by atoms with E-state index in [0.717, 1.165) is 0 Å². The van der Waals surface area contributed by atoms with Gasteiger partial charge in [0, 0.05) is 30.4 Å². The predicted molar refractivity (Wildman–Crippen MR) is 60.3 cm³/mol. The molecule has 0 aromatic carbocycles. The molecule has 0 saturated heterocycles. The number of hydrogen-bond acceptors (Lipinski definition) is 3. The van der Waals surface area contributed by atoms with Crippen LogP contribution in [0.3, 0.4) is 0 Å². The first-order valence-corrected chi connectivity index (χ1v) is 4.88. The zero-order valence-corrected chi connectivity index (χ0v) is 8.87. The van der Waals surface area contributed by atoms with Crippen LogP contribution in [0.15, 0.2) is 37.2 Å². The van der Waals surface area contributed by atoms with Crippen LogP contribution in [-0.4, -0.2) is 25.6 Å². The van der Waals surface area contributed by atoms with Crippen LogP contribution in [0.2, 0.25) is 0 Å². The molecular weight excluding hydrogens is 218 g/mol. The van der Waals surface area contributed by atoms with E-state index in [4.69, 9.17) is 5.11 Å². The molecule has 0 aliphatic carbocycles. The van der Waals surface area contributed by atoms with Crippen LogP contribution >= 0.6 is 0 Å². The summed E-state index contributed by atoms with van der Waals surface area (Å²) in [6.45, 7) is 0.511. The number of rotatable bonds is 2. The molecule has 0 saturated carbocycles. The molecule has 17 heavy (non-hydrogen) atoms. The van der Waals surface area contributed by atoms with Crippen LogP contribution in [0.25, 0.3) is 0 Å². The minimum absolute atomic E-state index is 0.138. The minimum atomic E-state index is -1.00. The Morgan fingerprint density at radius 1 is 1.41 bits per heavy atom. The maximum Gasteiger partial charge on any atom is 0.337 e. The van der Waals surface area contributed by atoms with Crippen molar-refractivity contribution in [3.63, 3.8) is 0 Å². The average molecular weight is 227 g/mol. The van der Waals surface area contributed by atoms with E-state index in [9.17, 15) is 4.79 Å². The smallest absolute Gasteiger partial charge is 0.337 e. The molecule has 1 N–H and O–H groups in total. The second-order valence-electron chi connectivity index (χ2n) is 3.30. The quantitative estimate of drug-likeness (QED) is 0.778. The number of carboxylic acid groups (broad SMARTS) is 1. The fourth-order valence-corrected chi connectivity index (χ4v) is 1.24. The van der Waals surface area contributed by atoms with E-state index in [0.29, 0.717) is 12.1 Å². The molecule has 0 spiro atoms. The molecule has 2 rings (SSSR count). The summed E-state index contributed by atoms with van der Waals surface area (Å²) in [4.78, 5) is 18.4. The summed E-state index contributed by atoms with van der Waals surface area (Å²) in [5.41, 5.74) is 0.726. The van der Waals surface area contributed by atoms with E-state index in [1.54, 1.807) is 18.7 Å². The summed E-state index contributed by atoms with van der Waals surface area (Å²) in [7, 11) is 0. The average Bonchev–Trinajstić information content (AvgIpc) is 2.82. The number of aromatic nitrogens is 3. The van der Waals surface area contributed by atoms with Gasteiger partial charge in [-0.3, -0.25) is 4.98 Å². The Balaban J connectivity index is 2.11. The number of pyridine rings is 1. The van der Waals surface area contributed by atoms with Gasteiger partial charge in [-0.15, -0.1) is 0 Å². The number of hydrogen-bond donors (Lipinski definition) is 1. The molecule has 84 valence electrons. The van der Waals surface area contributed by atoms with Gasteiger partial charge in [-0.1, -0.05) is 11.8 Å². The molecular formula is C12H9N3O2. The topological polar surface area (TPSA) is 68.0 Å². The van der Waals surface area contributed by atoms with Crippen LogP contribution in [0.4, 0.5) is 0 Å². The van der Waals surface area contributed by atoms with Gasteiger partial charge in [0.05, 0.1) is 18.4 Å². The fraction of sp³-hybridized carbons (Fsp3) is 0.0833. The zero-order valence-electron chi connectivity index (χ0n) is 8.87. The monoisotopic (exact) mass is 227 g/mol. The lowest BCUT2D eigenvalue weighted by Crippen LogP contribution is -1.97. The van der Waals surface area contributed by atoms with Gasteiger partial charge < -0.3 is 9.67 Å². The van der Waals surface area contributed by atoms with Crippen molar-refractivity contribution in [1.29, 1.82) is 0 Å². The highest BCUT2D eigenvalue weighted by molar-refractivity contribution is 5.87. The summed E-state index contributed by atoms with van der Waals surface area (Å²) in [5, 5.41) is 8.78. The first-order chi connectivity index (χ1) is 8.25. The van der Waals surface area contributed by atoms with Crippen molar-refractivity contribution in [1.82, 2.24) is 14.5 Å². The molecule has 0 amide bonds. The molecule has 5 nitrogen and oxygen atoms in total. The molecule has 0 fully saturated rings. The summed E-state index contributed by atoms with van der Waals surface area (Å²) in [5.74, 6) is 4.76. The summed E-state index contributed by atoms with van der Waals surface area (Å²) >= 11 is 0. The zero-order chi connectivity index (χ0) is 12.1. The lowest BCUT2D eigenvalue weighted by Gasteiger charge is -1.94. The van der Waals surface area contributed by atoms with Crippen molar-refractivity contribution in [2.75, 3.05) is 0 Å². The second-order valence-corrected chi connectivity index (χ2v) is 3.30. The molecule has 0 bridgehead atoms. The molecule has 0 aliphatic rings. The third kappa shape index (κ3) is 2.92. The Hall–Kier alpha value is -2.61. The number of aromatic carboxylic acids is 1. The van der Waals surface area contributed by atoms with Gasteiger partial charge in [-0.25, -0.2) is 9.78 Å². The first kappa shape index (κ1) is 10.9. The lowest BCUT2D eigenvalue weighted by atomic mass is 10.2. The minimum Gasteiger partial charge on any atom is -0.478 e. The Morgan fingerprint density at radius 2 is 2.29 bits per heavy atom. The van der Waals surface area contributed by atoms with Crippen molar-refractivity contribution >= 4 is 5.97 Å². The van der Waals surface area contributed by atoms with E-state index < -0.39 is 5.97 Å². The summed E-state index contributed by atoms with van der Waals surface area (Å²) < 4.78 is 1.82. The summed E-state index contributed by atoms with van der Waals surface area (Å²) in [6.07, 6.45) is 7.98. The van der Waals surface area contributed by atoms with E-state index >= 15 is 0 Å². The van der Waals surface area contributed by atoms with E-state index in [2.05, 4.69) is 21.8 Å². The molecule has 5 heteroatoms. The first-order valence-electron chi connectivity index (χ1n) is 4.88. The van der Waals surface area contributed by atoms with Gasteiger partial charge >= 0.3 is 5.97 Å². The van der Waals surface area contributed by atoms with Gasteiger partial charge in [0.25, 0.3) is 0 Å². The molecule has 0 atom stereocenters. The molecule has 0 radical (unpaired) electrons. The predicted octanol–water partition coefficient (Wildman–Crippen LogP) is 1.03. The largest absolute Gasteiger partial charge is 0.478 e. The number of imidazole rings is 1. The molecule has 0 aliphatic heterocycles. The van der Waals surface area contributed by atoms with Gasteiger partial charge in [0.1, 0.15) is 0 Å². The van der Waals surface area contributed by atoms with Gasteiger partial charge in [0.15, 0.2) is 0 Å². The fourth-order valence-electron chi connectivity index (χ4n) is 1.24. The highest BCUT2D eigenvalue weighted by Gasteiger charge is 2.02. The number of carboxylic acids is 1. The SMILES string of the molecule is O=C(O)c1cncc(C#CCn2ccnc2)c1. The van der Waals surface area contributed by atoms with E-state index in [1.165, 1.54) is 18.5 Å². The number of carbonyl (C=O) groups is 1. The second kappa shape index (κ2) is 4.94. The normalized spacial score (nSPS) is 9.41.